The molecule has 4 nitrogen and oxygen atoms in total. The van der Waals surface area contributed by atoms with Crippen LogP contribution in [0.5, 0.6) is 5.75 Å². The van der Waals surface area contributed by atoms with Gasteiger partial charge in [-0.2, -0.15) is 0 Å². The smallest absolute Gasteiger partial charge is 0.328 e. The predicted molar refractivity (Wildman–Crippen MR) is 78.8 cm³/mol. The summed E-state index contributed by atoms with van der Waals surface area (Å²) in [5.41, 5.74) is 2.06. The van der Waals surface area contributed by atoms with Gasteiger partial charge in [-0.3, -0.25) is 4.90 Å². The normalized spacial score (nSPS) is 16.4. The first-order valence-electron chi connectivity index (χ1n) is 6.99. The van der Waals surface area contributed by atoms with Crippen molar-refractivity contribution < 1.29 is 14.6 Å². The number of methoxy groups -OCH3 is 1. The van der Waals surface area contributed by atoms with E-state index >= 15 is 0 Å². The van der Waals surface area contributed by atoms with Crippen LogP contribution in [0.4, 0.5) is 0 Å². The highest BCUT2D eigenvalue weighted by Crippen LogP contribution is 2.22. The summed E-state index contributed by atoms with van der Waals surface area (Å²) in [5.74, 6) is -0.116. The fourth-order valence-electron chi connectivity index (χ4n) is 2.53. The van der Waals surface area contributed by atoms with Gasteiger partial charge in [-0.05, 0) is 55.3 Å². The molecule has 0 unspecified atom stereocenters. The van der Waals surface area contributed by atoms with Crippen molar-refractivity contribution in [2.45, 2.75) is 25.8 Å². The summed E-state index contributed by atoms with van der Waals surface area (Å²) in [6.07, 6.45) is 6.62. The summed E-state index contributed by atoms with van der Waals surface area (Å²) >= 11 is 0. The van der Waals surface area contributed by atoms with Crippen LogP contribution in [0.15, 0.2) is 24.3 Å². The average molecular weight is 275 g/mol. The lowest BCUT2D eigenvalue weighted by molar-refractivity contribution is -0.131. The number of likely N-dealkylation sites (tertiary alicyclic amines) is 1. The highest BCUT2D eigenvalue weighted by Gasteiger charge is 2.12. The Labute approximate surface area is 119 Å². The zero-order chi connectivity index (χ0) is 14.4. The van der Waals surface area contributed by atoms with Crippen LogP contribution >= 0.6 is 0 Å². The molecular weight excluding hydrogens is 254 g/mol. The highest BCUT2D eigenvalue weighted by molar-refractivity contribution is 5.85. The maximum absolute atomic E-state index is 10.7. The number of carboxylic acids is 1. The van der Waals surface area contributed by atoms with Crippen LogP contribution in [0.2, 0.25) is 0 Å². The summed E-state index contributed by atoms with van der Waals surface area (Å²) in [6, 6.07) is 5.77. The van der Waals surface area contributed by atoms with E-state index in [0.717, 1.165) is 36.5 Å². The summed E-state index contributed by atoms with van der Waals surface area (Å²) in [5, 5.41) is 8.77. The second kappa shape index (κ2) is 7.10. The Morgan fingerprint density at radius 3 is 2.75 bits per heavy atom. The molecule has 1 aliphatic rings. The minimum absolute atomic E-state index is 0.810. The topological polar surface area (TPSA) is 49.8 Å². The van der Waals surface area contributed by atoms with E-state index in [1.807, 2.05) is 18.2 Å². The molecule has 1 N–H and O–H groups in total. The molecule has 2 rings (SSSR count). The maximum Gasteiger partial charge on any atom is 0.328 e. The van der Waals surface area contributed by atoms with Gasteiger partial charge in [-0.15, -0.1) is 0 Å². The van der Waals surface area contributed by atoms with Crippen molar-refractivity contribution in [2.75, 3.05) is 20.2 Å². The van der Waals surface area contributed by atoms with Crippen molar-refractivity contribution in [3.8, 4) is 5.75 Å². The highest BCUT2D eigenvalue weighted by atomic mass is 16.5. The second-order valence-electron chi connectivity index (χ2n) is 5.07. The zero-order valence-corrected chi connectivity index (χ0v) is 11.8. The fourth-order valence-corrected chi connectivity index (χ4v) is 2.53. The number of piperidine rings is 1. The third kappa shape index (κ3) is 4.10. The third-order valence-corrected chi connectivity index (χ3v) is 3.60. The van der Waals surface area contributed by atoms with Gasteiger partial charge in [0, 0.05) is 12.6 Å². The quantitative estimate of drug-likeness (QED) is 0.839. The molecule has 0 saturated carbocycles. The van der Waals surface area contributed by atoms with E-state index in [9.17, 15) is 4.79 Å². The number of hydrogen-bond acceptors (Lipinski definition) is 3. The van der Waals surface area contributed by atoms with E-state index in [-0.39, 0.29) is 0 Å². The number of hydrogen-bond donors (Lipinski definition) is 1. The molecule has 0 radical (unpaired) electrons. The third-order valence-electron chi connectivity index (χ3n) is 3.60. The minimum atomic E-state index is -0.926. The lowest BCUT2D eigenvalue weighted by Crippen LogP contribution is -2.29. The fraction of sp³-hybridized carbons (Fsp3) is 0.438. The Morgan fingerprint density at radius 1 is 1.35 bits per heavy atom. The first-order valence-corrected chi connectivity index (χ1v) is 6.99. The number of nitrogens with zero attached hydrogens (tertiary/aromatic N) is 1. The van der Waals surface area contributed by atoms with E-state index in [2.05, 4.69) is 4.90 Å². The van der Waals surface area contributed by atoms with Crippen molar-refractivity contribution in [1.82, 2.24) is 4.90 Å². The molecule has 0 aliphatic carbocycles. The molecule has 108 valence electrons. The van der Waals surface area contributed by atoms with Crippen LogP contribution in [0.25, 0.3) is 6.08 Å². The van der Waals surface area contributed by atoms with E-state index < -0.39 is 5.97 Å². The number of carbonyl (C=O) groups is 1. The van der Waals surface area contributed by atoms with Gasteiger partial charge in [0.15, 0.2) is 0 Å². The number of benzene rings is 1. The van der Waals surface area contributed by atoms with Gasteiger partial charge in [0.25, 0.3) is 0 Å². The van der Waals surface area contributed by atoms with Crippen LogP contribution < -0.4 is 4.74 Å². The Kier molecular flexibility index (Phi) is 5.18. The molecule has 20 heavy (non-hydrogen) atoms. The first-order chi connectivity index (χ1) is 9.69. The molecule has 1 aromatic carbocycles. The van der Waals surface area contributed by atoms with E-state index in [1.165, 1.54) is 25.3 Å². The monoisotopic (exact) mass is 275 g/mol. The van der Waals surface area contributed by atoms with Gasteiger partial charge in [0.1, 0.15) is 5.75 Å². The van der Waals surface area contributed by atoms with Crippen LogP contribution in [0, 0.1) is 0 Å². The maximum atomic E-state index is 10.7. The van der Waals surface area contributed by atoms with Gasteiger partial charge >= 0.3 is 5.97 Å². The molecular formula is C16H21NO3. The molecule has 4 heteroatoms. The molecule has 1 saturated heterocycles. The number of carboxylic acid groups (broad SMARTS) is 1. The molecule has 1 heterocycles. The Hall–Kier alpha value is -1.81. The summed E-state index contributed by atoms with van der Waals surface area (Å²) in [7, 11) is 1.65. The van der Waals surface area contributed by atoms with E-state index in [1.54, 1.807) is 13.2 Å². The first kappa shape index (κ1) is 14.6. The number of ether oxygens (including phenoxy) is 1. The van der Waals surface area contributed by atoms with Crippen molar-refractivity contribution in [2.24, 2.45) is 0 Å². The van der Waals surface area contributed by atoms with Crippen molar-refractivity contribution in [3.05, 3.63) is 35.4 Å². The zero-order valence-electron chi connectivity index (χ0n) is 11.8. The van der Waals surface area contributed by atoms with Gasteiger partial charge in [0.2, 0.25) is 0 Å². The lowest BCUT2D eigenvalue weighted by atomic mass is 10.0. The standard InChI is InChI=1S/C16H21NO3/c1-20-15-7-5-13(6-8-16(18)19)14(11-15)12-17-9-3-2-4-10-17/h5-8,11H,2-4,9-10,12H2,1H3,(H,18,19)/b8-6+. The molecule has 1 fully saturated rings. The van der Waals surface area contributed by atoms with Crippen LogP contribution in [-0.4, -0.2) is 36.2 Å². The van der Waals surface area contributed by atoms with Gasteiger partial charge in [-0.25, -0.2) is 4.79 Å². The Balaban J connectivity index is 2.19. The summed E-state index contributed by atoms with van der Waals surface area (Å²) in [4.78, 5) is 13.1. The molecule has 1 aliphatic heterocycles. The summed E-state index contributed by atoms with van der Waals surface area (Å²) < 4.78 is 5.27. The average Bonchev–Trinajstić information content (AvgIpc) is 2.46. The largest absolute Gasteiger partial charge is 0.497 e. The molecule has 1 aromatic rings. The van der Waals surface area contributed by atoms with Gasteiger partial charge < -0.3 is 9.84 Å². The predicted octanol–water partition coefficient (Wildman–Crippen LogP) is 2.78. The lowest BCUT2D eigenvalue weighted by Gasteiger charge is -2.27. The van der Waals surface area contributed by atoms with E-state index in [0.29, 0.717) is 0 Å². The van der Waals surface area contributed by atoms with Crippen molar-refractivity contribution in [3.63, 3.8) is 0 Å². The Morgan fingerprint density at radius 2 is 2.10 bits per heavy atom. The SMILES string of the molecule is COc1ccc(/C=C/C(=O)O)c(CN2CCCCC2)c1. The second-order valence-corrected chi connectivity index (χ2v) is 5.07. The number of rotatable bonds is 5. The molecule has 0 amide bonds. The minimum Gasteiger partial charge on any atom is -0.497 e. The van der Waals surface area contributed by atoms with E-state index in [4.69, 9.17) is 9.84 Å². The van der Waals surface area contributed by atoms with Crippen LogP contribution in [0.1, 0.15) is 30.4 Å². The summed E-state index contributed by atoms with van der Waals surface area (Å²) in [6.45, 7) is 3.06. The van der Waals surface area contributed by atoms with Gasteiger partial charge in [-0.1, -0.05) is 12.5 Å². The van der Waals surface area contributed by atoms with Crippen LogP contribution in [0.3, 0.4) is 0 Å². The van der Waals surface area contributed by atoms with Crippen LogP contribution in [-0.2, 0) is 11.3 Å². The molecule has 0 bridgehead atoms. The molecule has 0 aromatic heterocycles. The number of aliphatic carboxylic acids is 1. The Bertz CT molecular complexity index is 490. The van der Waals surface area contributed by atoms with Crippen molar-refractivity contribution >= 4 is 12.0 Å². The molecule has 0 spiro atoms. The van der Waals surface area contributed by atoms with Gasteiger partial charge in [0.05, 0.1) is 7.11 Å². The van der Waals surface area contributed by atoms with Crippen molar-refractivity contribution in [1.29, 1.82) is 0 Å². The molecule has 0 atom stereocenters.